The van der Waals surface area contributed by atoms with Crippen molar-refractivity contribution in [1.29, 1.82) is 0 Å². The predicted octanol–water partition coefficient (Wildman–Crippen LogP) is 2.84. The third-order valence-corrected chi connectivity index (χ3v) is 4.71. The van der Waals surface area contributed by atoms with E-state index in [-0.39, 0.29) is 17.9 Å². The van der Waals surface area contributed by atoms with Crippen molar-refractivity contribution in [2.75, 3.05) is 13.2 Å². The number of nitrogens with one attached hydrogen (secondary N) is 2. The average Bonchev–Trinajstić information content (AvgIpc) is 2.98. The summed E-state index contributed by atoms with van der Waals surface area (Å²) in [4.78, 5) is 15.5. The average molecular weight is 286 g/mol. The molecule has 0 bridgehead atoms. The number of rotatable bonds is 4. The summed E-state index contributed by atoms with van der Waals surface area (Å²) in [6, 6.07) is 7.79. The summed E-state index contributed by atoms with van der Waals surface area (Å²) in [6.45, 7) is 0.711. The maximum atomic E-state index is 12.4. The lowest BCUT2D eigenvalue weighted by Crippen LogP contribution is -2.41. The number of H-pyrrole nitrogens is 1. The molecular weight excluding hydrogens is 264 g/mol. The van der Waals surface area contributed by atoms with Crippen molar-refractivity contribution in [3.8, 4) is 0 Å². The van der Waals surface area contributed by atoms with Crippen LogP contribution in [0.25, 0.3) is 10.9 Å². The first-order chi connectivity index (χ1) is 10.2. The highest BCUT2D eigenvalue weighted by Crippen LogP contribution is 2.35. The van der Waals surface area contributed by atoms with Crippen LogP contribution in [0, 0.1) is 5.41 Å². The molecule has 0 atom stereocenters. The molecule has 1 aromatic heterocycles. The molecule has 112 valence electrons. The Balaban J connectivity index is 1.71. The molecule has 3 rings (SSSR count). The van der Waals surface area contributed by atoms with Crippen LogP contribution in [0.1, 0.15) is 42.5 Å². The van der Waals surface area contributed by atoms with Crippen molar-refractivity contribution in [1.82, 2.24) is 10.3 Å². The van der Waals surface area contributed by atoms with Crippen LogP contribution >= 0.6 is 0 Å². The van der Waals surface area contributed by atoms with Gasteiger partial charge in [0.25, 0.3) is 5.91 Å². The van der Waals surface area contributed by atoms with E-state index in [2.05, 4.69) is 10.3 Å². The van der Waals surface area contributed by atoms with Gasteiger partial charge in [-0.3, -0.25) is 4.79 Å². The largest absolute Gasteiger partial charge is 0.396 e. The number of aromatic nitrogens is 1. The monoisotopic (exact) mass is 286 g/mol. The van der Waals surface area contributed by atoms with Gasteiger partial charge in [-0.2, -0.15) is 0 Å². The first-order valence-corrected chi connectivity index (χ1v) is 7.69. The Labute approximate surface area is 124 Å². The van der Waals surface area contributed by atoms with Crippen LogP contribution in [-0.4, -0.2) is 29.1 Å². The van der Waals surface area contributed by atoms with Gasteiger partial charge in [0, 0.05) is 29.1 Å². The van der Waals surface area contributed by atoms with E-state index in [0.717, 1.165) is 36.6 Å². The number of aliphatic hydroxyl groups excluding tert-OH is 1. The van der Waals surface area contributed by atoms with Crippen molar-refractivity contribution in [2.24, 2.45) is 5.41 Å². The smallest absolute Gasteiger partial charge is 0.253 e. The number of aromatic amines is 1. The number of fused-ring (bicyclic) bond motifs is 1. The van der Waals surface area contributed by atoms with Gasteiger partial charge in [-0.05, 0) is 18.9 Å². The van der Waals surface area contributed by atoms with E-state index < -0.39 is 0 Å². The number of benzene rings is 1. The summed E-state index contributed by atoms with van der Waals surface area (Å²) in [6.07, 6.45) is 7.27. The highest BCUT2D eigenvalue weighted by molar-refractivity contribution is 6.06. The van der Waals surface area contributed by atoms with Gasteiger partial charge in [0.15, 0.2) is 0 Å². The Bertz CT molecular complexity index is 627. The number of hydrogen-bond donors (Lipinski definition) is 3. The second-order valence-corrected chi connectivity index (χ2v) is 6.15. The molecule has 2 aromatic rings. The van der Waals surface area contributed by atoms with Crippen LogP contribution in [0.4, 0.5) is 0 Å². The van der Waals surface area contributed by atoms with Gasteiger partial charge in [-0.1, -0.05) is 37.5 Å². The number of para-hydroxylation sites is 1. The molecule has 1 aliphatic rings. The van der Waals surface area contributed by atoms with Crippen LogP contribution in [-0.2, 0) is 0 Å². The van der Waals surface area contributed by atoms with E-state index in [0.29, 0.717) is 12.1 Å². The molecule has 1 aromatic carbocycles. The Kier molecular flexibility index (Phi) is 3.97. The Morgan fingerprint density at radius 1 is 1.24 bits per heavy atom. The quantitative estimate of drug-likeness (QED) is 0.809. The van der Waals surface area contributed by atoms with Crippen LogP contribution in [0.2, 0.25) is 0 Å². The summed E-state index contributed by atoms with van der Waals surface area (Å²) in [7, 11) is 0. The van der Waals surface area contributed by atoms with Crippen molar-refractivity contribution < 1.29 is 9.90 Å². The molecule has 0 aliphatic heterocycles. The Hall–Kier alpha value is -1.81. The second kappa shape index (κ2) is 5.90. The molecule has 1 heterocycles. The Morgan fingerprint density at radius 3 is 2.76 bits per heavy atom. The molecule has 0 saturated heterocycles. The fourth-order valence-electron chi connectivity index (χ4n) is 3.31. The van der Waals surface area contributed by atoms with E-state index in [1.54, 1.807) is 6.20 Å². The summed E-state index contributed by atoms with van der Waals surface area (Å²) >= 11 is 0. The number of carbonyl (C=O) groups is 1. The van der Waals surface area contributed by atoms with Gasteiger partial charge in [-0.25, -0.2) is 0 Å². The van der Waals surface area contributed by atoms with Gasteiger partial charge in [0.1, 0.15) is 0 Å². The zero-order chi connectivity index (χ0) is 14.7. The van der Waals surface area contributed by atoms with E-state index in [1.807, 2.05) is 24.3 Å². The molecule has 21 heavy (non-hydrogen) atoms. The topological polar surface area (TPSA) is 65.1 Å². The lowest BCUT2D eigenvalue weighted by molar-refractivity contribution is 0.0719. The number of carbonyl (C=O) groups excluding carboxylic acids is 1. The first-order valence-electron chi connectivity index (χ1n) is 7.69. The van der Waals surface area contributed by atoms with Crippen molar-refractivity contribution in [2.45, 2.75) is 32.1 Å². The standard InChI is InChI=1S/C17H22N2O2/c20-12-17(8-4-1-5-9-17)11-19-16(21)14-10-18-15-7-3-2-6-13(14)15/h2-3,6-7,10,18,20H,1,4-5,8-9,11-12H2,(H,19,21). The third-order valence-electron chi connectivity index (χ3n) is 4.71. The lowest BCUT2D eigenvalue weighted by atomic mass is 9.74. The highest BCUT2D eigenvalue weighted by atomic mass is 16.3. The molecule has 3 N–H and O–H groups in total. The SMILES string of the molecule is O=C(NCC1(CO)CCCCC1)c1c[nH]c2ccccc12. The summed E-state index contributed by atoms with van der Waals surface area (Å²) < 4.78 is 0. The fourth-order valence-corrected chi connectivity index (χ4v) is 3.31. The van der Waals surface area contributed by atoms with E-state index >= 15 is 0 Å². The lowest BCUT2D eigenvalue weighted by Gasteiger charge is -2.35. The van der Waals surface area contributed by atoms with E-state index in [1.165, 1.54) is 6.42 Å². The third kappa shape index (κ3) is 2.81. The van der Waals surface area contributed by atoms with E-state index in [4.69, 9.17) is 0 Å². The minimum absolute atomic E-state index is 0.0640. The van der Waals surface area contributed by atoms with Crippen LogP contribution in [0.15, 0.2) is 30.5 Å². The number of aliphatic hydroxyl groups is 1. The summed E-state index contributed by atoms with van der Waals surface area (Å²) in [5.41, 5.74) is 1.52. The van der Waals surface area contributed by atoms with Crippen LogP contribution in [0.3, 0.4) is 0 Å². The molecule has 0 spiro atoms. The van der Waals surface area contributed by atoms with Crippen molar-refractivity contribution in [3.63, 3.8) is 0 Å². The fraction of sp³-hybridized carbons (Fsp3) is 0.471. The van der Waals surface area contributed by atoms with E-state index in [9.17, 15) is 9.90 Å². The van der Waals surface area contributed by atoms with Crippen LogP contribution in [0.5, 0.6) is 0 Å². The first kappa shape index (κ1) is 14.1. The van der Waals surface area contributed by atoms with Crippen molar-refractivity contribution in [3.05, 3.63) is 36.0 Å². The Morgan fingerprint density at radius 2 is 2.00 bits per heavy atom. The molecule has 0 unspecified atom stereocenters. The number of hydrogen-bond acceptors (Lipinski definition) is 2. The molecule has 4 nitrogen and oxygen atoms in total. The molecule has 0 radical (unpaired) electrons. The number of amides is 1. The zero-order valence-electron chi connectivity index (χ0n) is 12.2. The minimum Gasteiger partial charge on any atom is -0.396 e. The van der Waals surface area contributed by atoms with Gasteiger partial charge < -0.3 is 15.4 Å². The molecule has 1 aliphatic carbocycles. The summed E-state index contributed by atoms with van der Waals surface area (Å²) in [5.74, 6) is -0.0640. The zero-order valence-corrected chi connectivity index (χ0v) is 12.2. The minimum atomic E-state index is -0.125. The van der Waals surface area contributed by atoms with Gasteiger partial charge in [0.05, 0.1) is 12.2 Å². The van der Waals surface area contributed by atoms with Gasteiger partial charge in [-0.15, -0.1) is 0 Å². The normalized spacial score (nSPS) is 17.8. The van der Waals surface area contributed by atoms with Gasteiger partial charge in [0.2, 0.25) is 0 Å². The molecule has 1 saturated carbocycles. The van der Waals surface area contributed by atoms with Crippen molar-refractivity contribution >= 4 is 16.8 Å². The second-order valence-electron chi connectivity index (χ2n) is 6.15. The molecular formula is C17H22N2O2. The highest BCUT2D eigenvalue weighted by Gasteiger charge is 2.31. The predicted molar refractivity (Wildman–Crippen MR) is 83.2 cm³/mol. The molecule has 1 fully saturated rings. The molecule has 4 heteroatoms. The maximum absolute atomic E-state index is 12.4. The molecule has 1 amide bonds. The maximum Gasteiger partial charge on any atom is 0.253 e. The summed E-state index contributed by atoms with van der Waals surface area (Å²) in [5, 5.41) is 13.7. The van der Waals surface area contributed by atoms with Crippen LogP contribution < -0.4 is 5.32 Å². The van der Waals surface area contributed by atoms with Gasteiger partial charge >= 0.3 is 0 Å².